The largest absolute Gasteiger partial charge is 0.494 e. The van der Waals surface area contributed by atoms with E-state index in [-0.39, 0.29) is 12.0 Å². The van der Waals surface area contributed by atoms with Crippen LogP contribution in [0.3, 0.4) is 0 Å². The molecule has 8 heteroatoms. The molecule has 1 atom stereocenters. The van der Waals surface area contributed by atoms with Crippen LogP contribution in [0.1, 0.15) is 23.7 Å². The van der Waals surface area contributed by atoms with E-state index in [1.54, 1.807) is 24.3 Å². The number of rotatable bonds is 6. The summed E-state index contributed by atoms with van der Waals surface area (Å²) in [6.45, 7) is 2.29. The zero-order valence-electron chi connectivity index (χ0n) is 14.6. The van der Waals surface area contributed by atoms with E-state index in [0.29, 0.717) is 18.0 Å². The number of carbonyl (C=O) groups is 3. The van der Waals surface area contributed by atoms with Crippen LogP contribution >= 0.6 is 0 Å². The molecule has 0 radical (unpaired) electrons. The van der Waals surface area contributed by atoms with Gasteiger partial charge in [-0.3, -0.25) is 19.8 Å². The summed E-state index contributed by atoms with van der Waals surface area (Å²) < 4.78 is 18.6. The van der Waals surface area contributed by atoms with Crippen LogP contribution in [0.2, 0.25) is 0 Å². The molecule has 0 aliphatic carbocycles. The minimum atomic E-state index is -0.911. The molecule has 0 saturated carbocycles. The molecule has 0 aromatic heterocycles. The summed E-state index contributed by atoms with van der Waals surface area (Å²) in [5.41, 5.74) is 5.39. The fraction of sp³-hybridized carbons (Fsp3) is 0.211. The molecule has 0 bridgehead atoms. The number of hydrogen-bond donors (Lipinski definition) is 2. The standard InChI is InChI=1S/C19H18FN3O4/c1-2-27-15-8-4-7-14(10-15)23-17(24)11-16(19(23)26)21-22-18(25)12-5-3-6-13(20)9-12/h3-10,16,21H,2,11H2,1H3,(H,22,25)/t16-/m0/s1. The van der Waals surface area contributed by atoms with Crippen LogP contribution in [0.5, 0.6) is 5.75 Å². The molecule has 7 nitrogen and oxygen atoms in total. The number of carbonyl (C=O) groups excluding carboxylic acids is 3. The third-order valence-electron chi connectivity index (χ3n) is 3.98. The van der Waals surface area contributed by atoms with Crippen molar-refractivity contribution >= 4 is 23.4 Å². The van der Waals surface area contributed by atoms with Crippen molar-refractivity contribution in [3.63, 3.8) is 0 Å². The van der Waals surface area contributed by atoms with Crippen LogP contribution in [0.15, 0.2) is 48.5 Å². The first kappa shape index (κ1) is 18.5. The van der Waals surface area contributed by atoms with Gasteiger partial charge in [0.15, 0.2) is 0 Å². The highest BCUT2D eigenvalue weighted by atomic mass is 19.1. The van der Waals surface area contributed by atoms with E-state index in [2.05, 4.69) is 10.9 Å². The molecule has 1 aliphatic rings. The normalized spacial score (nSPS) is 16.5. The predicted molar refractivity (Wildman–Crippen MR) is 95.5 cm³/mol. The van der Waals surface area contributed by atoms with Gasteiger partial charge in [-0.15, -0.1) is 0 Å². The molecular formula is C19H18FN3O4. The average Bonchev–Trinajstić information content (AvgIpc) is 2.93. The Hall–Kier alpha value is -3.26. The minimum absolute atomic E-state index is 0.0977. The van der Waals surface area contributed by atoms with Gasteiger partial charge in [-0.05, 0) is 37.3 Å². The molecule has 140 valence electrons. The summed E-state index contributed by atoms with van der Waals surface area (Å²) in [5.74, 6) is -1.49. The Morgan fingerprint density at radius 1 is 1.22 bits per heavy atom. The van der Waals surface area contributed by atoms with Crippen molar-refractivity contribution in [1.82, 2.24) is 10.9 Å². The van der Waals surface area contributed by atoms with Gasteiger partial charge in [-0.1, -0.05) is 12.1 Å². The molecule has 0 unspecified atom stereocenters. The molecule has 3 rings (SSSR count). The summed E-state index contributed by atoms with van der Waals surface area (Å²) in [5, 5.41) is 0. The van der Waals surface area contributed by atoms with Crippen LogP contribution in [-0.4, -0.2) is 30.4 Å². The molecular weight excluding hydrogens is 353 g/mol. The van der Waals surface area contributed by atoms with E-state index in [0.717, 1.165) is 11.0 Å². The Labute approximate surface area is 155 Å². The molecule has 3 amide bonds. The maximum atomic E-state index is 13.2. The summed E-state index contributed by atoms with van der Waals surface area (Å²) in [4.78, 5) is 38.0. The fourth-order valence-corrected chi connectivity index (χ4v) is 2.75. The molecule has 1 fully saturated rings. The van der Waals surface area contributed by atoms with Crippen molar-refractivity contribution in [2.24, 2.45) is 0 Å². The second kappa shape index (κ2) is 7.96. The number of hydrazine groups is 1. The maximum absolute atomic E-state index is 13.2. The quantitative estimate of drug-likeness (QED) is 0.597. The molecule has 0 spiro atoms. The van der Waals surface area contributed by atoms with E-state index in [1.165, 1.54) is 18.2 Å². The van der Waals surface area contributed by atoms with Gasteiger partial charge in [0.2, 0.25) is 5.91 Å². The zero-order chi connectivity index (χ0) is 19.4. The maximum Gasteiger partial charge on any atom is 0.265 e. The monoisotopic (exact) mass is 371 g/mol. The first-order valence-electron chi connectivity index (χ1n) is 8.40. The fourth-order valence-electron chi connectivity index (χ4n) is 2.75. The smallest absolute Gasteiger partial charge is 0.265 e. The Kier molecular flexibility index (Phi) is 5.46. The van der Waals surface area contributed by atoms with Crippen LogP contribution in [0.25, 0.3) is 0 Å². The summed E-state index contributed by atoms with van der Waals surface area (Å²) >= 11 is 0. The van der Waals surface area contributed by atoms with Crippen molar-refractivity contribution in [3.05, 3.63) is 59.9 Å². The van der Waals surface area contributed by atoms with Gasteiger partial charge < -0.3 is 4.74 Å². The predicted octanol–water partition coefficient (Wildman–Crippen LogP) is 1.79. The summed E-state index contributed by atoms with van der Waals surface area (Å²) in [7, 11) is 0. The lowest BCUT2D eigenvalue weighted by Crippen LogP contribution is -2.48. The van der Waals surface area contributed by atoms with Crippen LogP contribution in [0, 0.1) is 5.82 Å². The number of nitrogens with zero attached hydrogens (tertiary/aromatic N) is 1. The van der Waals surface area contributed by atoms with E-state index in [4.69, 9.17) is 4.74 Å². The van der Waals surface area contributed by atoms with E-state index in [9.17, 15) is 18.8 Å². The third kappa shape index (κ3) is 4.12. The summed E-state index contributed by atoms with van der Waals surface area (Å²) in [6, 6.07) is 10.9. The Morgan fingerprint density at radius 3 is 2.74 bits per heavy atom. The van der Waals surface area contributed by atoms with Crippen molar-refractivity contribution in [1.29, 1.82) is 0 Å². The molecule has 2 aromatic carbocycles. The number of ether oxygens (including phenoxy) is 1. The molecule has 1 saturated heterocycles. The van der Waals surface area contributed by atoms with Gasteiger partial charge in [0.05, 0.1) is 18.7 Å². The number of anilines is 1. The lowest BCUT2D eigenvalue weighted by Gasteiger charge is -2.17. The van der Waals surface area contributed by atoms with Gasteiger partial charge in [0, 0.05) is 11.6 Å². The number of halogens is 1. The van der Waals surface area contributed by atoms with Gasteiger partial charge in [-0.25, -0.2) is 14.7 Å². The molecule has 27 heavy (non-hydrogen) atoms. The highest BCUT2D eigenvalue weighted by molar-refractivity contribution is 6.22. The van der Waals surface area contributed by atoms with E-state index >= 15 is 0 Å². The SMILES string of the molecule is CCOc1cccc(N2C(=O)C[C@H](NNC(=O)c3cccc(F)c3)C2=O)c1. The van der Waals surface area contributed by atoms with Gasteiger partial charge in [0.1, 0.15) is 17.6 Å². The number of imide groups is 1. The van der Waals surface area contributed by atoms with Gasteiger partial charge in [-0.2, -0.15) is 0 Å². The second-order valence-electron chi connectivity index (χ2n) is 5.86. The van der Waals surface area contributed by atoms with Gasteiger partial charge in [0.25, 0.3) is 11.8 Å². The summed E-state index contributed by atoms with van der Waals surface area (Å²) in [6.07, 6.45) is -0.110. The number of nitrogens with one attached hydrogen (secondary N) is 2. The van der Waals surface area contributed by atoms with Crippen molar-refractivity contribution in [2.75, 3.05) is 11.5 Å². The van der Waals surface area contributed by atoms with Crippen LogP contribution < -0.4 is 20.5 Å². The van der Waals surface area contributed by atoms with E-state index < -0.39 is 29.6 Å². The van der Waals surface area contributed by atoms with E-state index in [1.807, 2.05) is 6.92 Å². The Balaban J connectivity index is 1.67. The lowest BCUT2D eigenvalue weighted by molar-refractivity contribution is -0.121. The molecule has 1 heterocycles. The topological polar surface area (TPSA) is 87.7 Å². The Morgan fingerprint density at radius 2 is 2.00 bits per heavy atom. The minimum Gasteiger partial charge on any atom is -0.494 e. The first-order chi connectivity index (χ1) is 13.0. The zero-order valence-corrected chi connectivity index (χ0v) is 14.6. The molecule has 2 aromatic rings. The Bertz CT molecular complexity index is 887. The number of hydrogen-bond acceptors (Lipinski definition) is 5. The number of benzene rings is 2. The highest BCUT2D eigenvalue weighted by Crippen LogP contribution is 2.26. The van der Waals surface area contributed by atoms with Crippen molar-refractivity contribution in [2.45, 2.75) is 19.4 Å². The van der Waals surface area contributed by atoms with Crippen LogP contribution in [-0.2, 0) is 9.59 Å². The lowest BCUT2D eigenvalue weighted by atomic mass is 10.2. The highest BCUT2D eigenvalue weighted by Gasteiger charge is 2.39. The van der Waals surface area contributed by atoms with Gasteiger partial charge >= 0.3 is 0 Å². The van der Waals surface area contributed by atoms with Crippen molar-refractivity contribution < 1.29 is 23.5 Å². The molecule has 1 aliphatic heterocycles. The van der Waals surface area contributed by atoms with Crippen LogP contribution in [0.4, 0.5) is 10.1 Å². The third-order valence-corrected chi connectivity index (χ3v) is 3.98. The first-order valence-corrected chi connectivity index (χ1v) is 8.40. The average molecular weight is 371 g/mol. The molecule has 2 N–H and O–H groups in total. The second-order valence-corrected chi connectivity index (χ2v) is 5.86. The number of amides is 3. The van der Waals surface area contributed by atoms with Crippen molar-refractivity contribution in [3.8, 4) is 5.75 Å².